The molecule has 1 atom stereocenters. The van der Waals surface area contributed by atoms with E-state index in [9.17, 15) is 9.59 Å². The maximum absolute atomic E-state index is 11.9. The topological polar surface area (TPSA) is 55.2 Å². The van der Waals surface area contributed by atoms with Crippen molar-refractivity contribution in [3.05, 3.63) is 22.6 Å². The quantitative estimate of drug-likeness (QED) is 0.753. The number of ketones is 1. The largest absolute Gasteiger partial charge is 0.371 e. The Morgan fingerprint density at radius 2 is 2.00 bits per heavy atom. The van der Waals surface area contributed by atoms with Gasteiger partial charge in [-0.25, -0.2) is 4.68 Å². The summed E-state index contributed by atoms with van der Waals surface area (Å²) in [6.45, 7) is 9.61. The Balaban J connectivity index is 2.89. The summed E-state index contributed by atoms with van der Waals surface area (Å²) in [5.74, 6) is 0.0175. The van der Waals surface area contributed by atoms with Gasteiger partial charge in [0.2, 0.25) is 0 Å². The second-order valence-electron chi connectivity index (χ2n) is 4.66. The lowest BCUT2D eigenvalue weighted by molar-refractivity contribution is -0.123. The van der Waals surface area contributed by atoms with E-state index in [0.29, 0.717) is 0 Å². The van der Waals surface area contributed by atoms with Crippen molar-refractivity contribution in [3.63, 3.8) is 0 Å². The molecule has 0 amide bonds. The van der Waals surface area contributed by atoms with Gasteiger partial charge in [-0.2, -0.15) is 5.10 Å². The third-order valence-electron chi connectivity index (χ3n) is 3.45. The van der Waals surface area contributed by atoms with E-state index in [1.54, 1.807) is 12.3 Å². The van der Waals surface area contributed by atoms with Crippen LogP contribution in [0.4, 0.5) is 5.69 Å². The van der Waals surface area contributed by atoms with Gasteiger partial charge in [0.1, 0.15) is 6.54 Å². The molecule has 19 heavy (non-hydrogen) atoms. The molecule has 1 unspecified atom stereocenters. The Bertz CT molecular complexity index is 478. The summed E-state index contributed by atoms with van der Waals surface area (Å²) in [5.41, 5.74) is 0.586. The Hall–Kier alpha value is -1.65. The summed E-state index contributed by atoms with van der Waals surface area (Å²) in [6.07, 6.45) is 2.43. The zero-order chi connectivity index (χ0) is 14.4. The number of carbonyl (C=O) groups is 1. The molecule has 0 N–H and O–H groups in total. The highest BCUT2D eigenvalue weighted by atomic mass is 16.1. The van der Waals surface area contributed by atoms with Crippen molar-refractivity contribution >= 4 is 11.5 Å². The predicted octanol–water partition coefficient (Wildman–Crippen LogP) is 1.70. The minimum absolute atomic E-state index is 0.0313. The van der Waals surface area contributed by atoms with Crippen LogP contribution in [0.2, 0.25) is 0 Å². The normalized spacial score (nSPS) is 12.2. The van der Waals surface area contributed by atoms with Crippen molar-refractivity contribution in [1.29, 1.82) is 0 Å². The number of Topliss-reactive ketones (excluding diaryl/α,β-unsaturated/α-hetero) is 1. The Morgan fingerprint density at radius 3 is 2.47 bits per heavy atom. The molecular formula is C14H23N3O2. The lowest BCUT2D eigenvalue weighted by atomic mass is 10.0. The molecule has 0 fully saturated rings. The van der Waals surface area contributed by atoms with Gasteiger partial charge in [-0.05, 0) is 20.3 Å². The van der Waals surface area contributed by atoms with E-state index in [2.05, 4.69) is 10.00 Å². The number of anilines is 1. The van der Waals surface area contributed by atoms with Crippen LogP contribution in [0, 0.1) is 5.92 Å². The zero-order valence-corrected chi connectivity index (χ0v) is 12.2. The molecule has 0 saturated carbocycles. The first kappa shape index (κ1) is 15.4. The van der Waals surface area contributed by atoms with E-state index in [0.717, 1.165) is 25.2 Å². The van der Waals surface area contributed by atoms with Crippen LogP contribution in [0.1, 0.15) is 34.1 Å². The maximum atomic E-state index is 11.9. The molecule has 0 aliphatic carbocycles. The molecule has 0 aromatic carbocycles. The van der Waals surface area contributed by atoms with Crippen LogP contribution in [0.3, 0.4) is 0 Å². The standard InChI is InChI=1S/C14H23N3O2/c1-5-11(4)13(18)10-17-14(19)8-12(9-15-17)16(6-2)7-3/h8-9,11H,5-7,10H2,1-4H3. The van der Waals surface area contributed by atoms with Crippen molar-refractivity contribution in [3.8, 4) is 0 Å². The Morgan fingerprint density at radius 1 is 1.37 bits per heavy atom. The molecule has 0 saturated heterocycles. The van der Waals surface area contributed by atoms with Crippen molar-refractivity contribution in [2.75, 3.05) is 18.0 Å². The molecule has 1 rings (SSSR count). The summed E-state index contributed by atoms with van der Waals surface area (Å²) >= 11 is 0. The average molecular weight is 265 g/mol. The summed E-state index contributed by atoms with van der Waals surface area (Å²) < 4.78 is 1.24. The molecule has 106 valence electrons. The molecule has 0 spiro atoms. The number of rotatable bonds is 7. The van der Waals surface area contributed by atoms with Crippen LogP contribution in [0.25, 0.3) is 0 Å². The first-order chi connectivity index (χ1) is 9.03. The summed E-state index contributed by atoms with van der Waals surface area (Å²) in [6, 6.07) is 1.55. The molecule has 0 bridgehead atoms. The van der Waals surface area contributed by atoms with Gasteiger partial charge in [0.15, 0.2) is 5.78 Å². The minimum atomic E-state index is -0.221. The monoisotopic (exact) mass is 265 g/mol. The Kier molecular flexibility index (Phi) is 5.73. The number of carbonyl (C=O) groups excluding carboxylic acids is 1. The van der Waals surface area contributed by atoms with Crippen LogP contribution >= 0.6 is 0 Å². The van der Waals surface area contributed by atoms with Crippen molar-refractivity contribution in [2.24, 2.45) is 5.92 Å². The van der Waals surface area contributed by atoms with Gasteiger partial charge in [0, 0.05) is 25.1 Å². The molecule has 5 heteroatoms. The molecule has 1 aromatic heterocycles. The fourth-order valence-electron chi connectivity index (χ4n) is 1.84. The van der Waals surface area contributed by atoms with E-state index in [4.69, 9.17) is 0 Å². The number of nitrogens with zero attached hydrogens (tertiary/aromatic N) is 3. The zero-order valence-electron chi connectivity index (χ0n) is 12.2. The van der Waals surface area contributed by atoms with Gasteiger partial charge in [0.05, 0.1) is 11.9 Å². The highest BCUT2D eigenvalue weighted by Gasteiger charge is 2.13. The molecule has 5 nitrogen and oxygen atoms in total. The second-order valence-corrected chi connectivity index (χ2v) is 4.66. The molecule has 0 aliphatic heterocycles. The maximum Gasteiger partial charge on any atom is 0.269 e. The van der Waals surface area contributed by atoms with Crippen LogP contribution in [0.15, 0.2) is 17.1 Å². The summed E-state index contributed by atoms with van der Waals surface area (Å²) in [4.78, 5) is 25.8. The van der Waals surface area contributed by atoms with Crippen LogP contribution in [-0.2, 0) is 11.3 Å². The van der Waals surface area contributed by atoms with Gasteiger partial charge in [0.25, 0.3) is 5.56 Å². The van der Waals surface area contributed by atoms with Crippen molar-refractivity contribution < 1.29 is 4.79 Å². The third kappa shape index (κ3) is 3.91. The fourth-order valence-corrected chi connectivity index (χ4v) is 1.84. The number of hydrogen-bond acceptors (Lipinski definition) is 4. The number of hydrogen-bond donors (Lipinski definition) is 0. The number of aromatic nitrogens is 2. The van der Waals surface area contributed by atoms with Gasteiger partial charge in [-0.3, -0.25) is 9.59 Å². The second kappa shape index (κ2) is 7.07. The smallest absolute Gasteiger partial charge is 0.269 e. The molecule has 1 aromatic rings. The molecule has 0 radical (unpaired) electrons. The average Bonchev–Trinajstić information content (AvgIpc) is 2.42. The van der Waals surface area contributed by atoms with Gasteiger partial charge in [-0.1, -0.05) is 13.8 Å². The van der Waals surface area contributed by atoms with Gasteiger partial charge < -0.3 is 4.90 Å². The molecular weight excluding hydrogens is 242 g/mol. The lowest BCUT2D eigenvalue weighted by Gasteiger charge is -2.20. The third-order valence-corrected chi connectivity index (χ3v) is 3.45. The highest BCUT2D eigenvalue weighted by Crippen LogP contribution is 2.09. The molecule has 1 heterocycles. The van der Waals surface area contributed by atoms with Crippen molar-refractivity contribution in [1.82, 2.24) is 9.78 Å². The van der Waals surface area contributed by atoms with E-state index < -0.39 is 0 Å². The van der Waals surface area contributed by atoms with Crippen molar-refractivity contribution in [2.45, 2.75) is 40.7 Å². The van der Waals surface area contributed by atoms with E-state index >= 15 is 0 Å². The first-order valence-electron chi connectivity index (χ1n) is 6.88. The summed E-state index contributed by atoms with van der Waals surface area (Å²) in [5, 5.41) is 4.09. The SMILES string of the molecule is CCC(C)C(=O)Cn1ncc(N(CC)CC)cc1=O. The highest BCUT2D eigenvalue weighted by molar-refractivity contribution is 5.80. The first-order valence-corrected chi connectivity index (χ1v) is 6.88. The predicted molar refractivity (Wildman–Crippen MR) is 76.5 cm³/mol. The molecule has 0 aliphatic rings. The van der Waals surface area contributed by atoms with Gasteiger partial charge in [-0.15, -0.1) is 0 Å². The van der Waals surface area contributed by atoms with Gasteiger partial charge >= 0.3 is 0 Å². The minimum Gasteiger partial charge on any atom is -0.371 e. The van der Waals surface area contributed by atoms with Crippen LogP contribution in [-0.4, -0.2) is 28.7 Å². The summed E-state index contributed by atoms with van der Waals surface area (Å²) in [7, 11) is 0. The van der Waals surface area contributed by atoms with E-state index in [1.165, 1.54) is 4.68 Å². The van der Waals surface area contributed by atoms with Crippen LogP contribution in [0.5, 0.6) is 0 Å². The van der Waals surface area contributed by atoms with E-state index in [1.807, 2.05) is 27.7 Å². The Labute approximate surface area is 114 Å². The lowest BCUT2D eigenvalue weighted by Crippen LogP contribution is -2.30. The fraction of sp³-hybridized carbons (Fsp3) is 0.643. The van der Waals surface area contributed by atoms with Crippen LogP contribution < -0.4 is 10.5 Å². The van der Waals surface area contributed by atoms with E-state index in [-0.39, 0.29) is 23.8 Å².